The van der Waals surface area contributed by atoms with Gasteiger partial charge in [-0.15, -0.1) is 0 Å². The van der Waals surface area contributed by atoms with Crippen molar-refractivity contribution in [2.24, 2.45) is 0 Å². The fraction of sp³-hybridized carbons (Fsp3) is 0.0204. The number of furan rings is 1. The average molecular weight is 643 g/mol. The second-order valence-electron chi connectivity index (χ2n) is 12.7. The topological polar surface area (TPSA) is 13.1 Å². The molecule has 0 bridgehead atoms. The van der Waals surface area contributed by atoms with E-state index in [2.05, 4.69) is 36.4 Å². The van der Waals surface area contributed by atoms with Gasteiger partial charge in [0.2, 0.25) is 0 Å². The van der Waals surface area contributed by atoms with Gasteiger partial charge < -0.3 is 4.42 Å². The molecule has 0 aliphatic carbocycles. The van der Waals surface area contributed by atoms with Gasteiger partial charge in [-0.2, -0.15) is 0 Å². The summed E-state index contributed by atoms with van der Waals surface area (Å²) in [5.74, 6) is 0. The summed E-state index contributed by atoms with van der Waals surface area (Å²) in [4.78, 5) is 0. The number of benzene rings is 9. The van der Waals surface area contributed by atoms with Crippen molar-refractivity contribution in [3.05, 3.63) is 193 Å². The Morgan fingerprint density at radius 1 is 0.420 bits per heavy atom. The third-order valence-corrected chi connectivity index (χ3v) is 9.91. The lowest BCUT2D eigenvalue weighted by molar-refractivity contribution is 0.670. The highest BCUT2D eigenvalue weighted by Gasteiger charge is 2.19. The molecule has 0 saturated carbocycles. The van der Waals surface area contributed by atoms with E-state index in [0.717, 1.165) is 60.1 Å². The number of para-hydroxylation sites is 1. The largest absolute Gasteiger partial charge is 0.455 e. The first-order chi connectivity index (χ1) is 27.3. The smallest absolute Gasteiger partial charge is 0.143 e. The summed E-state index contributed by atoms with van der Waals surface area (Å²) >= 11 is 0. The summed E-state index contributed by atoms with van der Waals surface area (Å²) in [6.07, 6.45) is 0.180. The van der Waals surface area contributed by atoms with Crippen LogP contribution in [0.25, 0.3) is 87.6 Å². The Bertz CT molecular complexity index is 3170. The Morgan fingerprint density at radius 2 is 1.00 bits per heavy atom. The molecule has 0 fully saturated rings. The third kappa shape index (κ3) is 4.48. The van der Waals surface area contributed by atoms with Crippen molar-refractivity contribution in [1.82, 2.24) is 0 Å². The van der Waals surface area contributed by atoms with Crippen LogP contribution in [0.2, 0.25) is 0 Å². The Morgan fingerprint density at radius 3 is 1.72 bits per heavy atom. The van der Waals surface area contributed by atoms with Crippen LogP contribution in [0.1, 0.15) is 19.4 Å². The van der Waals surface area contributed by atoms with E-state index in [-0.39, 0.29) is 59.0 Å². The summed E-state index contributed by atoms with van der Waals surface area (Å²) in [5.41, 5.74) is 7.54. The van der Waals surface area contributed by atoms with Gasteiger partial charge in [0, 0.05) is 16.3 Å². The van der Waals surface area contributed by atoms with Crippen molar-refractivity contribution >= 4 is 54.3 Å². The molecule has 0 unspecified atom stereocenters. The number of hydrogen-bond acceptors (Lipinski definition) is 1. The van der Waals surface area contributed by atoms with Crippen molar-refractivity contribution in [2.45, 2.75) is 6.42 Å². The van der Waals surface area contributed by atoms with Crippen LogP contribution in [0.5, 0.6) is 0 Å². The van der Waals surface area contributed by atoms with Gasteiger partial charge in [-0.05, 0) is 83.7 Å². The summed E-state index contributed by atoms with van der Waals surface area (Å²) < 4.78 is 62.4. The Kier molecular flexibility index (Phi) is 5.34. The summed E-state index contributed by atoms with van der Waals surface area (Å²) in [6.45, 7) is 0. The lowest BCUT2D eigenvalue weighted by Gasteiger charge is -2.19. The van der Waals surface area contributed by atoms with Gasteiger partial charge in [-0.25, -0.2) is 0 Å². The molecule has 0 amide bonds. The first-order valence-corrected chi connectivity index (χ1v) is 16.8. The zero-order valence-corrected chi connectivity index (χ0v) is 27.0. The Balaban J connectivity index is 1.29. The van der Waals surface area contributed by atoms with Crippen LogP contribution in [0.4, 0.5) is 0 Å². The van der Waals surface area contributed by atoms with E-state index in [1.165, 1.54) is 0 Å². The number of fused-ring (bicyclic) bond motifs is 6. The molecule has 10 aromatic rings. The van der Waals surface area contributed by atoms with Crippen molar-refractivity contribution in [3.8, 4) is 33.4 Å². The maximum absolute atomic E-state index is 9.73. The zero-order valence-electron chi connectivity index (χ0n) is 33.0. The maximum atomic E-state index is 9.73. The summed E-state index contributed by atoms with van der Waals surface area (Å²) in [5, 5.41) is 6.07. The zero-order chi connectivity index (χ0) is 38.2. The van der Waals surface area contributed by atoms with Crippen molar-refractivity contribution in [2.75, 3.05) is 0 Å². The van der Waals surface area contributed by atoms with Crippen molar-refractivity contribution < 1.29 is 12.6 Å². The molecule has 0 saturated heterocycles. The Labute approximate surface area is 299 Å². The highest BCUT2D eigenvalue weighted by molar-refractivity contribution is 6.18. The van der Waals surface area contributed by atoms with Gasteiger partial charge in [0.25, 0.3) is 0 Å². The quantitative estimate of drug-likeness (QED) is 0.170. The second-order valence-corrected chi connectivity index (χ2v) is 12.7. The van der Waals surface area contributed by atoms with Crippen LogP contribution in [0.15, 0.2) is 186 Å². The minimum absolute atomic E-state index is 0.0763. The third-order valence-electron chi connectivity index (χ3n) is 9.91. The lowest BCUT2D eigenvalue weighted by atomic mass is 9.85. The van der Waals surface area contributed by atoms with Gasteiger partial charge in [-0.1, -0.05) is 176 Å². The van der Waals surface area contributed by atoms with Gasteiger partial charge in [0.05, 0.1) is 8.22 Å². The normalized spacial score (nSPS) is 13.4. The Hall–Kier alpha value is -6.44. The predicted molar refractivity (Wildman–Crippen MR) is 212 cm³/mol. The van der Waals surface area contributed by atoms with Crippen LogP contribution < -0.4 is 0 Å². The standard InChI is InChI=1S/C49H32O/c1-3-15-32(16-4-1)36-25-13-27-44-48-43(26-14-28-46(48)50-49(36)44)40-30-29-34(35-19-7-8-20-37(35)40)31-45-38-21-9-11-23-41(38)47(33-17-5-2-6-18-33)42-24-12-10-22-39(42)45/h1-30H,31H2/i7D,8D,19D,20D,29D,30D. The second kappa shape index (κ2) is 11.6. The van der Waals surface area contributed by atoms with Crippen molar-refractivity contribution in [3.63, 3.8) is 0 Å². The first-order valence-electron chi connectivity index (χ1n) is 19.8. The molecule has 1 aromatic heterocycles. The monoisotopic (exact) mass is 642 g/mol. The van der Waals surface area contributed by atoms with Gasteiger partial charge in [0.15, 0.2) is 0 Å². The van der Waals surface area contributed by atoms with Gasteiger partial charge >= 0.3 is 0 Å². The first kappa shape index (κ1) is 23.0. The van der Waals surface area contributed by atoms with E-state index in [4.69, 9.17) is 7.16 Å². The molecule has 0 atom stereocenters. The molecule has 1 heteroatoms. The van der Waals surface area contributed by atoms with Crippen LogP contribution in [0, 0.1) is 0 Å². The molecule has 234 valence electrons. The fourth-order valence-corrected chi connectivity index (χ4v) is 7.73. The van der Waals surface area contributed by atoms with Crippen LogP contribution in [0.3, 0.4) is 0 Å². The van der Waals surface area contributed by atoms with E-state index in [9.17, 15) is 5.48 Å². The van der Waals surface area contributed by atoms with E-state index < -0.39 is 0 Å². The molecule has 1 heterocycles. The van der Waals surface area contributed by atoms with Crippen LogP contribution >= 0.6 is 0 Å². The average Bonchev–Trinajstić information content (AvgIpc) is 3.63. The van der Waals surface area contributed by atoms with Gasteiger partial charge in [-0.3, -0.25) is 0 Å². The molecule has 1 nitrogen and oxygen atoms in total. The summed E-state index contributed by atoms with van der Waals surface area (Å²) in [7, 11) is 0. The molecule has 0 aliphatic heterocycles. The molecule has 50 heavy (non-hydrogen) atoms. The maximum Gasteiger partial charge on any atom is 0.143 e. The fourth-order valence-electron chi connectivity index (χ4n) is 7.73. The predicted octanol–water partition coefficient (Wildman–Crippen LogP) is 13.6. The van der Waals surface area contributed by atoms with Crippen molar-refractivity contribution in [1.29, 1.82) is 0 Å². The molecule has 9 aromatic carbocycles. The van der Waals surface area contributed by atoms with E-state index in [1.54, 1.807) is 0 Å². The summed E-state index contributed by atoms with van der Waals surface area (Å²) in [6, 6.07) is 46.8. The minimum atomic E-state index is -0.384. The van der Waals surface area contributed by atoms with Crippen LogP contribution in [-0.2, 0) is 6.42 Å². The highest BCUT2D eigenvalue weighted by atomic mass is 16.3. The molecule has 0 aliphatic rings. The number of hydrogen-bond donors (Lipinski definition) is 0. The van der Waals surface area contributed by atoms with E-state index >= 15 is 0 Å². The molecule has 10 rings (SSSR count). The van der Waals surface area contributed by atoms with E-state index in [1.807, 2.05) is 109 Å². The van der Waals surface area contributed by atoms with Crippen LogP contribution in [-0.4, -0.2) is 0 Å². The molecule has 0 radical (unpaired) electrons. The molecule has 0 N–H and O–H groups in total. The SMILES string of the molecule is [2H]c1c([2H])c([2H])c2c(-c3cccc4oc5c(-c6ccccc6)cccc5c34)c([2H])c([2H])c(Cc3c4ccccc4c(-c4ccccc4)c4ccccc34)c2c1[2H]. The van der Waals surface area contributed by atoms with E-state index in [0.29, 0.717) is 22.3 Å². The highest BCUT2D eigenvalue weighted by Crippen LogP contribution is 2.44. The molecular formula is C49H32O. The van der Waals surface area contributed by atoms with Gasteiger partial charge in [0.1, 0.15) is 11.2 Å². The molecular weight excluding hydrogens is 605 g/mol. The molecule has 0 spiro atoms. The lowest BCUT2D eigenvalue weighted by Crippen LogP contribution is -1.97. The minimum Gasteiger partial charge on any atom is -0.455 e. The number of rotatable bonds is 5.